The highest BCUT2D eigenvalue weighted by atomic mass is 79.9. The van der Waals surface area contributed by atoms with Crippen LogP contribution in [0.4, 0.5) is 0 Å². The van der Waals surface area contributed by atoms with Crippen LogP contribution in [0.1, 0.15) is 30.7 Å². The van der Waals surface area contributed by atoms with Gasteiger partial charge >= 0.3 is 0 Å². The molecule has 0 aromatic carbocycles. The summed E-state index contributed by atoms with van der Waals surface area (Å²) in [6.07, 6.45) is 6.54. The predicted molar refractivity (Wildman–Crippen MR) is 69.3 cm³/mol. The number of aromatic nitrogens is 2. The summed E-state index contributed by atoms with van der Waals surface area (Å²) >= 11 is 3.60. The van der Waals surface area contributed by atoms with E-state index < -0.39 is 0 Å². The molecule has 1 heterocycles. The van der Waals surface area contributed by atoms with Crippen LogP contribution in [-0.4, -0.2) is 15.8 Å². The molecule has 1 aliphatic rings. The van der Waals surface area contributed by atoms with Gasteiger partial charge in [0.1, 0.15) is 0 Å². The fourth-order valence-electron chi connectivity index (χ4n) is 2.16. The molecule has 0 saturated carbocycles. The predicted octanol–water partition coefficient (Wildman–Crippen LogP) is 2.47. The third kappa shape index (κ3) is 2.38. The lowest BCUT2D eigenvalue weighted by molar-refractivity contribution is 0.579. The van der Waals surface area contributed by atoms with Crippen molar-refractivity contribution in [1.29, 1.82) is 0 Å². The van der Waals surface area contributed by atoms with Crippen LogP contribution in [0.3, 0.4) is 0 Å². The summed E-state index contributed by atoms with van der Waals surface area (Å²) in [6, 6.07) is 0.362. The highest BCUT2D eigenvalue weighted by molar-refractivity contribution is 9.10. The number of hydrogen-bond donors (Lipinski definition) is 1. The van der Waals surface area contributed by atoms with Crippen LogP contribution in [0.25, 0.3) is 0 Å². The van der Waals surface area contributed by atoms with E-state index in [1.54, 1.807) is 0 Å². The Hall–Kier alpha value is -0.610. The highest BCUT2D eigenvalue weighted by Gasteiger charge is 2.15. The topological polar surface area (TPSA) is 43.8 Å². The van der Waals surface area contributed by atoms with E-state index >= 15 is 0 Å². The molecule has 1 aromatic heterocycles. The first-order valence-corrected chi connectivity index (χ1v) is 6.48. The fourth-order valence-corrected chi connectivity index (χ4v) is 2.63. The number of allylic oxidation sites excluding steroid dienone is 1. The number of halogens is 1. The first-order valence-electron chi connectivity index (χ1n) is 5.69. The molecular formula is C12H18BrN3. The van der Waals surface area contributed by atoms with E-state index in [1.807, 2.05) is 18.7 Å². The maximum absolute atomic E-state index is 5.88. The standard InChI is InChI=1S/C12H18BrN3/c1-8-12(13)11(16(2)15-8)7-9-3-5-10(14)6-4-9/h3,10H,4-7,14H2,1-2H3. The second-order valence-corrected chi connectivity index (χ2v) is 5.34. The Balaban J connectivity index is 2.15. The fraction of sp³-hybridized carbons (Fsp3) is 0.583. The zero-order chi connectivity index (χ0) is 11.7. The number of nitrogens with two attached hydrogens (primary N) is 1. The molecule has 16 heavy (non-hydrogen) atoms. The van der Waals surface area contributed by atoms with Crippen molar-refractivity contribution in [3.63, 3.8) is 0 Å². The molecular weight excluding hydrogens is 266 g/mol. The van der Waals surface area contributed by atoms with E-state index in [1.165, 1.54) is 11.3 Å². The van der Waals surface area contributed by atoms with E-state index in [0.717, 1.165) is 35.8 Å². The molecule has 0 bridgehead atoms. The Labute approximate surface area is 105 Å². The van der Waals surface area contributed by atoms with E-state index in [-0.39, 0.29) is 0 Å². The molecule has 0 radical (unpaired) electrons. The van der Waals surface area contributed by atoms with Crippen molar-refractivity contribution in [1.82, 2.24) is 9.78 Å². The highest BCUT2D eigenvalue weighted by Crippen LogP contribution is 2.26. The van der Waals surface area contributed by atoms with Crippen LogP contribution < -0.4 is 5.73 Å². The SMILES string of the molecule is Cc1nn(C)c(CC2=CCC(N)CC2)c1Br. The second-order valence-electron chi connectivity index (χ2n) is 4.54. The normalized spacial score (nSPS) is 21.0. The van der Waals surface area contributed by atoms with Gasteiger partial charge in [-0.05, 0) is 42.1 Å². The van der Waals surface area contributed by atoms with Crippen molar-refractivity contribution in [2.45, 2.75) is 38.6 Å². The van der Waals surface area contributed by atoms with Gasteiger partial charge in [0.15, 0.2) is 0 Å². The molecule has 0 saturated heterocycles. The molecule has 4 heteroatoms. The van der Waals surface area contributed by atoms with Crippen molar-refractivity contribution < 1.29 is 0 Å². The molecule has 1 aromatic rings. The smallest absolute Gasteiger partial charge is 0.0738 e. The van der Waals surface area contributed by atoms with Crippen LogP contribution in [-0.2, 0) is 13.5 Å². The minimum atomic E-state index is 0.362. The van der Waals surface area contributed by atoms with Crippen LogP contribution in [0.2, 0.25) is 0 Å². The number of aryl methyl sites for hydroxylation is 2. The first-order chi connectivity index (χ1) is 7.58. The summed E-state index contributed by atoms with van der Waals surface area (Å²) < 4.78 is 3.11. The third-order valence-electron chi connectivity index (χ3n) is 3.20. The molecule has 88 valence electrons. The van der Waals surface area contributed by atoms with E-state index in [0.29, 0.717) is 6.04 Å². The van der Waals surface area contributed by atoms with Gasteiger partial charge in [-0.2, -0.15) is 5.10 Å². The van der Waals surface area contributed by atoms with Crippen LogP contribution in [0, 0.1) is 6.92 Å². The summed E-state index contributed by atoms with van der Waals surface area (Å²) in [5.41, 5.74) is 9.70. The minimum absolute atomic E-state index is 0.362. The van der Waals surface area contributed by atoms with E-state index in [2.05, 4.69) is 27.1 Å². The third-order valence-corrected chi connectivity index (χ3v) is 4.23. The maximum atomic E-state index is 5.88. The second kappa shape index (κ2) is 4.72. The molecule has 1 atom stereocenters. The Morgan fingerprint density at radius 2 is 2.38 bits per heavy atom. The Kier molecular flexibility index (Phi) is 3.50. The zero-order valence-electron chi connectivity index (χ0n) is 9.83. The first kappa shape index (κ1) is 11.9. The number of nitrogens with zero attached hydrogens (tertiary/aromatic N) is 2. The van der Waals surface area contributed by atoms with Crippen molar-refractivity contribution in [2.24, 2.45) is 12.8 Å². The molecule has 2 rings (SSSR count). The van der Waals surface area contributed by atoms with Gasteiger partial charge in [-0.15, -0.1) is 0 Å². The van der Waals surface area contributed by atoms with Gasteiger partial charge < -0.3 is 5.73 Å². The minimum Gasteiger partial charge on any atom is -0.327 e. The molecule has 0 spiro atoms. The molecule has 1 unspecified atom stereocenters. The largest absolute Gasteiger partial charge is 0.327 e. The summed E-state index contributed by atoms with van der Waals surface area (Å²) in [7, 11) is 2.00. The average Bonchev–Trinajstić information content (AvgIpc) is 2.48. The summed E-state index contributed by atoms with van der Waals surface area (Å²) in [4.78, 5) is 0. The molecule has 1 aliphatic carbocycles. The van der Waals surface area contributed by atoms with Crippen molar-refractivity contribution in [3.05, 3.63) is 27.5 Å². The average molecular weight is 284 g/mol. The lowest BCUT2D eigenvalue weighted by Gasteiger charge is -2.18. The lowest BCUT2D eigenvalue weighted by atomic mass is 9.93. The van der Waals surface area contributed by atoms with Crippen molar-refractivity contribution in [3.8, 4) is 0 Å². The van der Waals surface area contributed by atoms with Gasteiger partial charge in [0.2, 0.25) is 0 Å². The van der Waals surface area contributed by atoms with Crippen LogP contribution in [0.5, 0.6) is 0 Å². The lowest BCUT2D eigenvalue weighted by Crippen LogP contribution is -2.22. The van der Waals surface area contributed by atoms with Gasteiger partial charge in [0, 0.05) is 19.5 Å². The van der Waals surface area contributed by atoms with Gasteiger partial charge in [-0.3, -0.25) is 4.68 Å². The Morgan fingerprint density at radius 3 is 2.88 bits per heavy atom. The van der Waals surface area contributed by atoms with Gasteiger partial charge in [0.25, 0.3) is 0 Å². The van der Waals surface area contributed by atoms with E-state index in [9.17, 15) is 0 Å². The van der Waals surface area contributed by atoms with Crippen LogP contribution >= 0.6 is 15.9 Å². The monoisotopic (exact) mass is 283 g/mol. The number of rotatable bonds is 2. The maximum Gasteiger partial charge on any atom is 0.0738 e. The van der Waals surface area contributed by atoms with Gasteiger partial charge in [-0.1, -0.05) is 11.6 Å². The Bertz CT molecular complexity index is 420. The van der Waals surface area contributed by atoms with E-state index in [4.69, 9.17) is 5.73 Å². The summed E-state index contributed by atoms with van der Waals surface area (Å²) in [5.74, 6) is 0. The molecule has 0 fully saturated rings. The van der Waals surface area contributed by atoms with Crippen molar-refractivity contribution >= 4 is 15.9 Å². The molecule has 3 nitrogen and oxygen atoms in total. The van der Waals surface area contributed by atoms with Crippen LogP contribution in [0.15, 0.2) is 16.1 Å². The number of hydrogen-bond acceptors (Lipinski definition) is 2. The van der Waals surface area contributed by atoms with Gasteiger partial charge in [-0.25, -0.2) is 0 Å². The quantitative estimate of drug-likeness (QED) is 0.848. The van der Waals surface area contributed by atoms with Gasteiger partial charge in [0.05, 0.1) is 15.9 Å². The summed E-state index contributed by atoms with van der Waals surface area (Å²) in [5, 5.41) is 4.41. The molecule has 0 amide bonds. The zero-order valence-corrected chi connectivity index (χ0v) is 11.4. The summed E-state index contributed by atoms with van der Waals surface area (Å²) in [6.45, 7) is 2.03. The Morgan fingerprint density at radius 1 is 1.62 bits per heavy atom. The van der Waals surface area contributed by atoms with Crippen molar-refractivity contribution in [2.75, 3.05) is 0 Å². The molecule has 2 N–H and O–H groups in total. The molecule has 0 aliphatic heterocycles.